The second kappa shape index (κ2) is 8.76. The molecule has 1 aromatic rings. The summed E-state index contributed by atoms with van der Waals surface area (Å²) in [6.45, 7) is 0.583. The van der Waals surface area contributed by atoms with E-state index >= 15 is 0 Å². The van der Waals surface area contributed by atoms with Crippen molar-refractivity contribution >= 4 is 15.7 Å². The number of carbonyl (C=O) groups excluding carboxylic acids is 1. The average Bonchev–Trinajstić information content (AvgIpc) is 2.51. The van der Waals surface area contributed by atoms with Gasteiger partial charge in [0.15, 0.2) is 9.84 Å². The van der Waals surface area contributed by atoms with Crippen LogP contribution in [-0.4, -0.2) is 45.5 Å². The van der Waals surface area contributed by atoms with Crippen LogP contribution in [0.5, 0.6) is 0 Å². The molecule has 7 nitrogen and oxygen atoms in total. The molecule has 0 fully saturated rings. The van der Waals surface area contributed by atoms with Gasteiger partial charge in [-0.3, -0.25) is 15.1 Å². The number of alkyl halides is 1. The minimum Gasteiger partial charge on any atom is -0.386 e. The third-order valence-electron chi connectivity index (χ3n) is 3.14. The summed E-state index contributed by atoms with van der Waals surface area (Å²) in [6.07, 6.45) is 0.897. The maximum atomic E-state index is 13.2. The number of sulfone groups is 1. The number of benzene rings is 1. The van der Waals surface area contributed by atoms with Crippen LogP contribution in [0.4, 0.5) is 4.39 Å². The molecule has 0 saturated heterocycles. The summed E-state index contributed by atoms with van der Waals surface area (Å²) < 4.78 is 36.0. The third kappa shape index (κ3) is 5.91. The number of hydroxylamine groups is 1. The van der Waals surface area contributed by atoms with Gasteiger partial charge in [0.2, 0.25) is 5.91 Å². The van der Waals surface area contributed by atoms with Crippen molar-refractivity contribution in [3.05, 3.63) is 41.6 Å². The van der Waals surface area contributed by atoms with Crippen LogP contribution in [0.3, 0.4) is 0 Å². The molecule has 0 aliphatic heterocycles. The first-order valence-electron chi connectivity index (χ1n) is 7.01. The molecule has 0 aliphatic rings. The van der Waals surface area contributed by atoms with Gasteiger partial charge in [-0.25, -0.2) is 12.8 Å². The van der Waals surface area contributed by atoms with Gasteiger partial charge in [-0.15, -0.1) is 0 Å². The van der Waals surface area contributed by atoms with Crippen molar-refractivity contribution in [3.63, 3.8) is 0 Å². The smallest absolute Gasteiger partial charge is 0.246 e. The van der Waals surface area contributed by atoms with E-state index in [2.05, 4.69) is 15.6 Å². The lowest BCUT2D eigenvalue weighted by molar-refractivity contribution is -0.118. The number of amides is 1. The zero-order valence-electron chi connectivity index (χ0n) is 13.6. The molecule has 2 unspecified atom stereocenters. The molecule has 0 spiro atoms. The fourth-order valence-corrected chi connectivity index (χ4v) is 2.59. The van der Waals surface area contributed by atoms with Crippen LogP contribution >= 0.6 is 0 Å². The molecule has 1 aromatic carbocycles. The standard InChI is InChI=1S/C15H21FN2O5S/c1-10(18-23-2)8-14(19)17-13(9-16)15(20)11-4-6-12(7-5-11)24(3,21)22/h4-8,13,15,18,20H,9H2,1-3H3,(H,17,19). The Hall–Kier alpha value is -1.97. The molecule has 1 amide bonds. The largest absolute Gasteiger partial charge is 0.386 e. The van der Waals surface area contributed by atoms with Gasteiger partial charge in [0.1, 0.15) is 12.8 Å². The van der Waals surface area contributed by atoms with Crippen molar-refractivity contribution in [1.82, 2.24) is 10.8 Å². The van der Waals surface area contributed by atoms with Crippen molar-refractivity contribution in [2.45, 2.75) is 24.0 Å². The molecule has 0 aliphatic carbocycles. The van der Waals surface area contributed by atoms with Gasteiger partial charge in [0.05, 0.1) is 18.0 Å². The summed E-state index contributed by atoms with van der Waals surface area (Å²) in [7, 11) is -1.98. The Morgan fingerprint density at radius 1 is 1.38 bits per heavy atom. The Bertz CT molecular complexity index is 688. The number of hydrogen-bond donors (Lipinski definition) is 3. The minimum atomic E-state index is -3.36. The number of nitrogens with one attached hydrogen (secondary N) is 2. The van der Waals surface area contributed by atoms with E-state index in [4.69, 9.17) is 0 Å². The quantitative estimate of drug-likeness (QED) is 0.464. The first kappa shape index (κ1) is 20.1. The van der Waals surface area contributed by atoms with Crippen LogP contribution in [0.2, 0.25) is 0 Å². The van der Waals surface area contributed by atoms with Crippen molar-refractivity contribution in [1.29, 1.82) is 0 Å². The molecular weight excluding hydrogens is 339 g/mol. The summed E-state index contributed by atoms with van der Waals surface area (Å²) in [5.74, 6) is -0.605. The summed E-state index contributed by atoms with van der Waals surface area (Å²) in [5, 5.41) is 12.5. The molecule has 0 heterocycles. The fraction of sp³-hybridized carbons (Fsp3) is 0.400. The molecule has 24 heavy (non-hydrogen) atoms. The SMILES string of the molecule is CONC(C)=CC(=O)NC(CF)C(O)c1ccc(S(C)(=O)=O)cc1. The zero-order valence-corrected chi connectivity index (χ0v) is 14.4. The molecule has 0 aromatic heterocycles. The summed E-state index contributed by atoms with van der Waals surface area (Å²) in [6, 6.07) is 4.22. The molecule has 2 atom stereocenters. The maximum absolute atomic E-state index is 13.2. The molecule has 134 valence electrons. The second-order valence-electron chi connectivity index (χ2n) is 5.19. The monoisotopic (exact) mass is 360 g/mol. The predicted molar refractivity (Wildman–Crippen MR) is 86.3 cm³/mol. The highest BCUT2D eigenvalue weighted by atomic mass is 32.2. The van der Waals surface area contributed by atoms with Crippen LogP contribution in [0.25, 0.3) is 0 Å². The minimum absolute atomic E-state index is 0.0866. The van der Waals surface area contributed by atoms with Gasteiger partial charge < -0.3 is 10.4 Å². The summed E-state index contributed by atoms with van der Waals surface area (Å²) in [4.78, 5) is 16.5. The summed E-state index contributed by atoms with van der Waals surface area (Å²) >= 11 is 0. The van der Waals surface area contributed by atoms with E-state index in [1.807, 2.05) is 0 Å². The normalized spacial score (nSPS) is 14.8. The van der Waals surface area contributed by atoms with E-state index in [9.17, 15) is 22.7 Å². The molecular formula is C15H21FN2O5S. The van der Waals surface area contributed by atoms with Gasteiger partial charge in [0, 0.05) is 18.0 Å². The predicted octanol–water partition coefficient (Wildman–Crippen LogP) is 0.633. The Balaban J connectivity index is 2.84. The van der Waals surface area contributed by atoms with E-state index in [1.165, 1.54) is 31.4 Å². The summed E-state index contributed by atoms with van der Waals surface area (Å²) in [5.41, 5.74) is 3.13. The van der Waals surface area contributed by atoms with Crippen LogP contribution < -0.4 is 10.8 Å². The number of halogens is 1. The zero-order chi connectivity index (χ0) is 18.3. The van der Waals surface area contributed by atoms with E-state index < -0.39 is 34.6 Å². The number of aliphatic hydroxyl groups excluding tert-OH is 1. The Kier molecular flexibility index (Phi) is 7.33. The Morgan fingerprint density at radius 2 is 1.96 bits per heavy atom. The number of carbonyl (C=O) groups is 1. The highest BCUT2D eigenvalue weighted by Crippen LogP contribution is 2.20. The molecule has 3 N–H and O–H groups in total. The van der Waals surface area contributed by atoms with Crippen LogP contribution in [0.15, 0.2) is 40.9 Å². The number of rotatable bonds is 8. The molecule has 0 bridgehead atoms. The van der Waals surface area contributed by atoms with Crippen LogP contribution in [0, 0.1) is 0 Å². The second-order valence-corrected chi connectivity index (χ2v) is 7.20. The molecule has 1 rings (SSSR count). The van der Waals surface area contributed by atoms with E-state index in [1.54, 1.807) is 6.92 Å². The van der Waals surface area contributed by atoms with Crippen molar-refractivity contribution in [3.8, 4) is 0 Å². The van der Waals surface area contributed by atoms with Gasteiger partial charge in [-0.05, 0) is 24.6 Å². The Labute approximate surface area is 140 Å². The van der Waals surface area contributed by atoms with Gasteiger partial charge in [0.25, 0.3) is 0 Å². The molecule has 0 radical (unpaired) electrons. The van der Waals surface area contributed by atoms with E-state index in [0.717, 1.165) is 12.3 Å². The average molecular weight is 360 g/mol. The first-order chi connectivity index (χ1) is 11.2. The maximum Gasteiger partial charge on any atom is 0.246 e. The van der Waals surface area contributed by atoms with Crippen LogP contribution in [-0.2, 0) is 19.5 Å². The number of aliphatic hydroxyl groups is 1. The van der Waals surface area contributed by atoms with Crippen LogP contribution in [0.1, 0.15) is 18.6 Å². The Morgan fingerprint density at radius 3 is 2.42 bits per heavy atom. The molecule has 0 saturated carbocycles. The van der Waals surface area contributed by atoms with Gasteiger partial charge in [-0.2, -0.15) is 0 Å². The third-order valence-corrected chi connectivity index (χ3v) is 4.26. The first-order valence-corrected chi connectivity index (χ1v) is 8.90. The van der Waals surface area contributed by atoms with Crippen molar-refractivity contribution in [2.75, 3.05) is 20.0 Å². The fourth-order valence-electron chi connectivity index (χ4n) is 1.96. The van der Waals surface area contributed by atoms with E-state index in [-0.39, 0.29) is 4.90 Å². The molecule has 9 heteroatoms. The highest BCUT2D eigenvalue weighted by molar-refractivity contribution is 7.90. The lowest BCUT2D eigenvalue weighted by atomic mass is 10.0. The van der Waals surface area contributed by atoms with Crippen molar-refractivity contribution in [2.24, 2.45) is 0 Å². The lowest BCUT2D eigenvalue weighted by Gasteiger charge is -2.21. The number of hydrogen-bond acceptors (Lipinski definition) is 6. The van der Waals surface area contributed by atoms with Gasteiger partial charge >= 0.3 is 0 Å². The van der Waals surface area contributed by atoms with Gasteiger partial charge in [-0.1, -0.05) is 12.1 Å². The van der Waals surface area contributed by atoms with Crippen molar-refractivity contribution < 1.29 is 27.5 Å². The van der Waals surface area contributed by atoms with E-state index in [0.29, 0.717) is 11.3 Å². The topological polar surface area (TPSA) is 105 Å². The highest BCUT2D eigenvalue weighted by Gasteiger charge is 2.23. The lowest BCUT2D eigenvalue weighted by Crippen LogP contribution is -2.40. The number of allylic oxidation sites excluding steroid dienone is 1.